The van der Waals surface area contributed by atoms with E-state index in [9.17, 15) is 19.2 Å². The molecule has 2 N–H and O–H groups in total. The van der Waals surface area contributed by atoms with Crippen LogP contribution >= 0.6 is 0 Å². The smallest absolute Gasteiger partial charge is 0.410 e. The minimum absolute atomic E-state index is 0.167. The Balaban J connectivity index is 1.29. The Morgan fingerprint density at radius 3 is 2.27 bits per heavy atom. The van der Waals surface area contributed by atoms with Gasteiger partial charge in [0.25, 0.3) is 5.91 Å². The number of nitrogens with one attached hydrogen (secondary N) is 2. The zero-order valence-electron chi connectivity index (χ0n) is 23.1. The molecule has 4 heterocycles. The first-order chi connectivity index (χ1) is 19.9. The molecule has 1 aromatic rings. The highest BCUT2D eigenvalue weighted by Crippen LogP contribution is 2.29. The first-order valence-corrected chi connectivity index (χ1v) is 13.6. The van der Waals surface area contributed by atoms with E-state index in [1.165, 1.54) is 9.80 Å². The molecule has 3 fully saturated rings. The third-order valence-electron chi connectivity index (χ3n) is 6.85. The van der Waals surface area contributed by atoms with Crippen molar-refractivity contribution >= 4 is 41.6 Å². The van der Waals surface area contributed by atoms with Crippen LogP contribution in [-0.4, -0.2) is 126 Å². The number of anilines is 3. The lowest BCUT2D eigenvalue weighted by Gasteiger charge is -2.38. The van der Waals surface area contributed by atoms with E-state index < -0.39 is 48.6 Å². The molecule has 3 aliphatic heterocycles. The average molecular weight is 573 g/mol. The zero-order valence-corrected chi connectivity index (χ0v) is 23.1. The largest absolute Gasteiger partial charge is 0.449 e. The second-order valence-electron chi connectivity index (χ2n) is 9.54. The maximum absolute atomic E-state index is 12.9. The number of aromatic nitrogens is 3. The molecule has 4 rings (SSSR count). The van der Waals surface area contributed by atoms with Crippen LogP contribution in [0.2, 0.25) is 0 Å². The number of ketones is 1. The molecule has 0 bridgehead atoms. The van der Waals surface area contributed by atoms with Crippen molar-refractivity contribution in [2.45, 2.75) is 38.0 Å². The first-order valence-electron chi connectivity index (χ1n) is 13.6. The highest BCUT2D eigenvalue weighted by Gasteiger charge is 2.52. The summed E-state index contributed by atoms with van der Waals surface area (Å²) in [5, 5.41) is 6.10. The molecule has 15 nitrogen and oxygen atoms in total. The Kier molecular flexibility index (Phi) is 10.1. The summed E-state index contributed by atoms with van der Waals surface area (Å²) in [5.41, 5.74) is 0. The fourth-order valence-corrected chi connectivity index (χ4v) is 4.92. The number of rotatable bonds is 12. The van der Waals surface area contributed by atoms with Crippen LogP contribution in [0.5, 0.6) is 0 Å². The van der Waals surface area contributed by atoms with Crippen LogP contribution in [0.4, 0.5) is 22.6 Å². The number of piperidine rings is 1. The Morgan fingerprint density at radius 1 is 1.00 bits per heavy atom. The Morgan fingerprint density at radius 2 is 1.66 bits per heavy atom. The molecule has 41 heavy (non-hydrogen) atoms. The summed E-state index contributed by atoms with van der Waals surface area (Å²) in [5.74, 6) is -0.637. The molecule has 3 saturated heterocycles. The number of hydrogen-bond acceptors (Lipinski definition) is 13. The molecule has 0 radical (unpaired) electrons. The summed E-state index contributed by atoms with van der Waals surface area (Å²) in [6.45, 7) is 11.4. The maximum atomic E-state index is 12.9. The Hall–Kier alpha value is -4.27. The number of esters is 1. The summed E-state index contributed by atoms with van der Waals surface area (Å²) >= 11 is 0. The van der Waals surface area contributed by atoms with Gasteiger partial charge in [0.1, 0.15) is 0 Å². The first kappa shape index (κ1) is 29.7. The summed E-state index contributed by atoms with van der Waals surface area (Å²) < 4.78 is 15.9. The van der Waals surface area contributed by atoms with Crippen LogP contribution in [-0.2, 0) is 28.6 Å². The van der Waals surface area contributed by atoms with Gasteiger partial charge < -0.3 is 39.5 Å². The lowest BCUT2D eigenvalue weighted by atomic mass is 9.95. The predicted octanol–water partition coefficient (Wildman–Crippen LogP) is 0.217. The quantitative estimate of drug-likeness (QED) is 0.198. The predicted molar refractivity (Wildman–Crippen MR) is 147 cm³/mol. The number of hydrogen-bond donors (Lipinski definition) is 2. The second kappa shape index (κ2) is 13.9. The van der Waals surface area contributed by atoms with Crippen LogP contribution in [0.1, 0.15) is 19.8 Å². The Bertz CT molecular complexity index is 1130. The van der Waals surface area contributed by atoms with Crippen molar-refractivity contribution in [2.75, 3.05) is 74.6 Å². The minimum Gasteiger partial charge on any atom is -0.449 e. The van der Waals surface area contributed by atoms with Gasteiger partial charge in [-0.2, -0.15) is 15.0 Å². The summed E-state index contributed by atoms with van der Waals surface area (Å²) in [6, 6.07) is -0.533. The van der Waals surface area contributed by atoms with E-state index in [0.29, 0.717) is 76.5 Å². The molecule has 3 aliphatic rings. The van der Waals surface area contributed by atoms with E-state index in [1.54, 1.807) is 19.1 Å². The van der Waals surface area contributed by atoms with E-state index >= 15 is 0 Å². The fourth-order valence-electron chi connectivity index (χ4n) is 4.92. The SMILES string of the molecule is C=CCNc1nc(NCC=C)nc(N2CCN(C(=O)OCC(=O)OC3C(=O)C(OCC)C(=O)N4CCCC34)CC2)n1. The van der Waals surface area contributed by atoms with Crippen molar-refractivity contribution in [2.24, 2.45) is 0 Å². The Labute approximate surface area is 237 Å². The number of amides is 2. The van der Waals surface area contributed by atoms with Crippen molar-refractivity contribution < 1.29 is 33.4 Å². The highest BCUT2D eigenvalue weighted by molar-refractivity contribution is 6.09. The van der Waals surface area contributed by atoms with Crippen LogP contribution in [0.25, 0.3) is 0 Å². The summed E-state index contributed by atoms with van der Waals surface area (Å²) in [6.07, 6.45) is 1.49. The van der Waals surface area contributed by atoms with Gasteiger partial charge in [0.15, 0.2) is 18.8 Å². The number of carbonyl (C=O) groups excluding carboxylic acids is 4. The fraction of sp³-hybridized carbons (Fsp3) is 0.577. The van der Waals surface area contributed by atoms with Crippen LogP contribution < -0.4 is 15.5 Å². The van der Waals surface area contributed by atoms with Gasteiger partial charge in [-0.3, -0.25) is 9.59 Å². The maximum Gasteiger partial charge on any atom is 0.410 e. The van der Waals surface area contributed by atoms with Crippen LogP contribution in [0, 0.1) is 0 Å². The molecule has 0 saturated carbocycles. The molecule has 2 amide bonds. The minimum atomic E-state index is -1.29. The van der Waals surface area contributed by atoms with Crippen molar-refractivity contribution in [1.29, 1.82) is 0 Å². The third kappa shape index (κ3) is 7.09. The molecule has 15 heteroatoms. The van der Waals surface area contributed by atoms with Gasteiger partial charge in [-0.15, -0.1) is 13.2 Å². The standard InChI is InChI=1S/C26H36N8O7/c1-4-9-27-23-29-24(28-10-5-2)31-25(30-23)32-12-14-33(15-13-32)26(38)40-16-18(35)41-20-17-8-7-11-34(17)22(37)21(19(20)36)39-6-3/h4-5,17,20-21H,1-2,6-16H2,3H3,(H2,27,28,29,30,31). The molecule has 0 aromatic carbocycles. The normalized spacial score (nSPS) is 22.2. The zero-order chi connectivity index (χ0) is 29.4. The average Bonchev–Trinajstić information content (AvgIpc) is 3.48. The summed E-state index contributed by atoms with van der Waals surface area (Å²) in [4.78, 5) is 68.9. The molecule has 0 spiro atoms. The molecular weight excluding hydrogens is 536 g/mol. The highest BCUT2D eigenvalue weighted by atomic mass is 16.6. The number of carbonyl (C=O) groups is 4. The van der Waals surface area contributed by atoms with Crippen LogP contribution in [0.3, 0.4) is 0 Å². The molecule has 3 atom stereocenters. The van der Waals surface area contributed by atoms with Gasteiger partial charge in [0.05, 0.1) is 6.04 Å². The van der Waals surface area contributed by atoms with Crippen LogP contribution in [0.15, 0.2) is 25.3 Å². The molecule has 222 valence electrons. The van der Waals surface area contributed by atoms with Gasteiger partial charge in [-0.05, 0) is 19.8 Å². The van der Waals surface area contributed by atoms with E-state index in [2.05, 4.69) is 38.7 Å². The summed E-state index contributed by atoms with van der Waals surface area (Å²) in [7, 11) is 0. The van der Waals surface area contributed by atoms with Crippen molar-refractivity contribution in [1.82, 2.24) is 24.8 Å². The lowest BCUT2D eigenvalue weighted by Crippen LogP contribution is -2.62. The molecular formula is C26H36N8O7. The molecule has 3 unspecified atom stereocenters. The number of nitrogens with zero attached hydrogens (tertiary/aromatic N) is 6. The number of Topliss-reactive ketones (excluding diaryl/α,β-unsaturated/α-hetero) is 1. The van der Waals surface area contributed by atoms with Crippen molar-refractivity contribution in [3.8, 4) is 0 Å². The van der Waals surface area contributed by atoms with Gasteiger partial charge in [0, 0.05) is 52.4 Å². The number of fused-ring (bicyclic) bond motifs is 1. The third-order valence-corrected chi connectivity index (χ3v) is 6.85. The van der Waals surface area contributed by atoms with E-state index in [0.717, 1.165) is 0 Å². The monoisotopic (exact) mass is 572 g/mol. The molecule has 1 aromatic heterocycles. The number of ether oxygens (including phenoxy) is 3. The van der Waals surface area contributed by atoms with E-state index in [1.807, 2.05) is 4.90 Å². The van der Waals surface area contributed by atoms with Crippen molar-refractivity contribution in [3.63, 3.8) is 0 Å². The van der Waals surface area contributed by atoms with E-state index in [4.69, 9.17) is 14.2 Å². The van der Waals surface area contributed by atoms with Crippen molar-refractivity contribution in [3.05, 3.63) is 25.3 Å². The lowest BCUT2D eigenvalue weighted by molar-refractivity contribution is -0.178. The topological polar surface area (TPSA) is 168 Å². The second-order valence-corrected chi connectivity index (χ2v) is 9.54. The molecule has 0 aliphatic carbocycles. The van der Waals surface area contributed by atoms with E-state index in [-0.39, 0.29) is 6.61 Å². The number of piperazine rings is 1. The van der Waals surface area contributed by atoms with Gasteiger partial charge in [0.2, 0.25) is 23.6 Å². The van der Waals surface area contributed by atoms with Gasteiger partial charge >= 0.3 is 12.1 Å². The van der Waals surface area contributed by atoms with Gasteiger partial charge in [-0.1, -0.05) is 12.2 Å². The van der Waals surface area contributed by atoms with Gasteiger partial charge in [-0.25, -0.2) is 9.59 Å².